The molecule has 0 spiro atoms. The second-order valence-electron chi connectivity index (χ2n) is 23.9. The van der Waals surface area contributed by atoms with Crippen molar-refractivity contribution in [3.8, 4) is 46.3 Å². The molecule has 4 aliphatic rings. The zero-order valence-corrected chi connectivity index (χ0v) is 48.2. The summed E-state index contributed by atoms with van der Waals surface area (Å²) in [4.78, 5) is 9.17. The average molecular weight is 1060 g/mol. The minimum Gasteiger partial charge on any atom is -0.407 e. The molecule has 2 aliphatic carbocycles. The predicted molar refractivity (Wildman–Crippen MR) is 294 cm³/mol. The van der Waals surface area contributed by atoms with E-state index in [1.54, 1.807) is 10.5 Å². The number of sulfonamides is 1. The van der Waals surface area contributed by atoms with Crippen LogP contribution in [0.4, 0.5) is 0 Å². The molecular weight excluding hydrogens is 981 g/mol. The lowest BCUT2D eigenvalue weighted by Crippen LogP contribution is -2.41. The molecule has 1 N–H and O–H groups in total. The monoisotopic (exact) mass is 1050 g/mol. The molecule has 2 aliphatic heterocycles. The van der Waals surface area contributed by atoms with Crippen LogP contribution in [0.1, 0.15) is 102 Å². The third-order valence-electron chi connectivity index (χ3n) is 16.4. The molecule has 0 radical (unpaired) electrons. The van der Waals surface area contributed by atoms with Gasteiger partial charge in [-0.25, -0.2) is 22.7 Å². The van der Waals surface area contributed by atoms with Gasteiger partial charge in [0.2, 0.25) is 10.0 Å². The fourth-order valence-electron chi connectivity index (χ4n) is 9.74. The van der Waals surface area contributed by atoms with E-state index in [1.807, 2.05) is 55.0 Å². The number of aromatic nitrogens is 6. The van der Waals surface area contributed by atoms with Gasteiger partial charge in [-0.3, -0.25) is 0 Å². The third kappa shape index (κ3) is 12.0. The maximum Gasteiger partial charge on any atom is 0.211 e. The van der Waals surface area contributed by atoms with E-state index in [1.165, 1.54) is 6.26 Å². The van der Waals surface area contributed by atoms with Gasteiger partial charge < -0.3 is 32.3 Å². The van der Waals surface area contributed by atoms with Gasteiger partial charge in [-0.05, 0) is 135 Å². The number of rotatable bonds is 13. The molecule has 2 saturated carbocycles. The summed E-state index contributed by atoms with van der Waals surface area (Å²) in [5.41, 5.74) is 5.59. The smallest absolute Gasteiger partial charge is 0.211 e. The summed E-state index contributed by atoms with van der Waals surface area (Å²) in [5.74, 6) is 19.8. The van der Waals surface area contributed by atoms with E-state index in [0.717, 1.165) is 76.0 Å². The molecule has 0 amide bonds. The highest BCUT2D eigenvalue weighted by Crippen LogP contribution is 2.52. The molecule has 14 nitrogen and oxygen atoms in total. The summed E-state index contributed by atoms with van der Waals surface area (Å²) in [5, 5.41) is 12.3. The zero-order chi connectivity index (χ0) is 53.0. The van der Waals surface area contributed by atoms with Gasteiger partial charge in [0.15, 0.2) is 28.2 Å². The standard InChI is InChI=1S/C29H38N4O4SSi.C28H36N4O2Si/c1-20(37-39(6,7)29(2,3)4)28-30-14-15-32(28)17-23-16-27(36-31-23)22-11-8-21(9-12-22)10-13-24-25-18-33(19-26(24)25)38(5,34)35;1-19(34-35(5,6)28(2,3)4)27-30-13-14-32(27)18-22-15-26(33-31-22)21-10-7-20(8-11-21)9-12-23-24-16-29-17-25(23)24/h8-9,11-12,14-16,20,24-26H,17-19H2,1-7H3;7-8,10-11,13-15,19,23-25,29H,16-18H2,1-6H3/t20-,24?,25-,26+;19-,23?,24-,25+/m00/s1. The molecule has 6 heterocycles. The Morgan fingerprint density at radius 1 is 0.662 bits per heavy atom. The van der Waals surface area contributed by atoms with Crippen LogP contribution in [0.25, 0.3) is 22.6 Å². The van der Waals surface area contributed by atoms with Gasteiger partial charge in [-0.15, -0.1) is 0 Å². The quantitative estimate of drug-likeness (QED) is 0.0868. The molecule has 10 rings (SSSR count). The van der Waals surface area contributed by atoms with Crippen LogP contribution < -0.4 is 5.32 Å². The number of imidazole rings is 2. The van der Waals surface area contributed by atoms with Gasteiger partial charge in [0, 0.05) is 84.1 Å². The number of hydrogen-bond donors (Lipinski definition) is 1. The van der Waals surface area contributed by atoms with Crippen molar-refractivity contribution < 1.29 is 26.3 Å². The van der Waals surface area contributed by atoms with Gasteiger partial charge in [-0.2, -0.15) is 0 Å². The first-order valence-electron chi connectivity index (χ1n) is 26.0. The minimum absolute atomic E-state index is 0.0858. The van der Waals surface area contributed by atoms with Gasteiger partial charge >= 0.3 is 0 Å². The van der Waals surface area contributed by atoms with Gasteiger partial charge in [0.05, 0.1) is 19.3 Å². The lowest BCUT2D eigenvalue weighted by atomic mass is 10.1. The van der Waals surface area contributed by atoms with Gasteiger partial charge in [0.1, 0.15) is 35.2 Å². The van der Waals surface area contributed by atoms with Crippen molar-refractivity contribution in [1.82, 2.24) is 39.0 Å². The Hall–Kier alpha value is -5.38. The van der Waals surface area contributed by atoms with Crippen molar-refractivity contribution in [2.75, 3.05) is 32.4 Å². The number of hydrogen-bond acceptors (Lipinski definition) is 11. The topological polar surface area (TPSA) is 156 Å². The average Bonchev–Trinajstić information content (AvgIpc) is 3.99. The highest BCUT2D eigenvalue weighted by Gasteiger charge is 2.57. The SMILES string of the molecule is C[C@H](O[Si](C)(C)C(C)(C)C)c1nccn1Cc1cc(-c2ccc(C#CC3[C@H]4CN(S(C)(=O)=O)C[C@@H]34)cc2)on1.C[C@H](O[Si](C)(C)C(C)(C)C)c1nccn1Cc1cc(-c2ccc(C#CC3[C@H]4CNC[C@@H]34)cc2)on1. The number of nitrogens with zero attached hydrogens (tertiary/aromatic N) is 7. The van der Waals surface area contributed by atoms with E-state index in [2.05, 4.69) is 164 Å². The van der Waals surface area contributed by atoms with E-state index in [4.69, 9.17) is 17.9 Å². The molecule has 2 saturated heterocycles. The van der Waals surface area contributed by atoms with Crippen LogP contribution in [-0.2, 0) is 32.0 Å². The van der Waals surface area contributed by atoms with Crippen LogP contribution >= 0.6 is 0 Å². The summed E-state index contributed by atoms with van der Waals surface area (Å²) in [6.45, 7) is 31.3. The van der Waals surface area contributed by atoms with Crippen LogP contribution in [0.3, 0.4) is 0 Å². The van der Waals surface area contributed by atoms with Crippen molar-refractivity contribution in [3.05, 3.63) is 120 Å². The van der Waals surface area contributed by atoms with Crippen LogP contribution in [0.5, 0.6) is 0 Å². The van der Waals surface area contributed by atoms with E-state index in [9.17, 15) is 8.42 Å². The maximum atomic E-state index is 11.7. The largest absolute Gasteiger partial charge is 0.407 e. The normalized spacial score (nSPS) is 22.3. The van der Waals surface area contributed by atoms with Crippen molar-refractivity contribution >= 4 is 26.7 Å². The van der Waals surface area contributed by atoms with Crippen molar-refractivity contribution in [2.45, 2.75) is 117 Å². The molecule has 4 fully saturated rings. The first kappa shape index (κ1) is 53.4. The van der Waals surface area contributed by atoms with E-state index in [-0.39, 0.29) is 22.3 Å². The second-order valence-corrected chi connectivity index (χ2v) is 35.4. The van der Waals surface area contributed by atoms with E-state index >= 15 is 0 Å². The Morgan fingerprint density at radius 2 is 1.05 bits per heavy atom. The highest BCUT2D eigenvalue weighted by atomic mass is 32.2. The molecule has 74 heavy (non-hydrogen) atoms. The van der Waals surface area contributed by atoms with Crippen LogP contribution in [0.2, 0.25) is 36.3 Å². The summed E-state index contributed by atoms with van der Waals surface area (Å²) < 4.78 is 53.6. The summed E-state index contributed by atoms with van der Waals surface area (Å²) in [6.07, 6.45) is 8.64. The minimum atomic E-state index is -3.10. The Bertz CT molecular complexity index is 3150. The van der Waals surface area contributed by atoms with Crippen molar-refractivity contribution in [2.24, 2.45) is 35.5 Å². The first-order chi connectivity index (χ1) is 34.8. The number of benzene rings is 2. The maximum absolute atomic E-state index is 11.7. The highest BCUT2D eigenvalue weighted by molar-refractivity contribution is 7.88. The molecule has 4 aromatic heterocycles. The molecule has 0 bridgehead atoms. The molecule has 392 valence electrons. The summed E-state index contributed by atoms with van der Waals surface area (Å²) >= 11 is 0. The Labute approximate surface area is 440 Å². The lowest BCUT2D eigenvalue weighted by Gasteiger charge is -2.38. The van der Waals surface area contributed by atoms with Gasteiger partial charge in [0.25, 0.3) is 0 Å². The Kier molecular flexibility index (Phi) is 14.9. The fraction of sp³-hybridized carbons (Fsp3) is 0.509. The van der Waals surface area contributed by atoms with Crippen molar-refractivity contribution in [3.63, 3.8) is 0 Å². The molecule has 6 aromatic rings. The van der Waals surface area contributed by atoms with Gasteiger partial charge in [-0.1, -0.05) is 75.5 Å². The fourth-order valence-corrected chi connectivity index (χ4v) is 13.3. The predicted octanol–water partition coefficient (Wildman–Crippen LogP) is 10.6. The van der Waals surface area contributed by atoms with E-state index in [0.29, 0.717) is 55.6 Å². The number of nitrogens with one attached hydrogen (secondary N) is 1. The Morgan fingerprint density at radius 3 is 1.43 bits per heavy atom. The van der Waals surface area contributed by atoms with Crippen LogP contribution in [-0.4, -0.2) is 91.2 Å². The van der Waals surface area contributed by atoms with Crippen molar-refractivity contribution in [1.29, 1.82) is 0 Å². The Balaban J connectivity index is 0.000000183. The first-order valence-corrected chi connectivity index (χ1v) is 33.7. The number of piperidine rings is 2. The molecule has 2 unspecified atom stereocenters. The van der Waals surface area contributed by atoms with Crippen LogP contribution in [0, 0.1) is 59.2 Å². The van der Waals surface area contributed by atoms with Crippen LogP contribution in [0.15, 0.2) is 94.5 Å². The molecule has 17 heteroatoms. The number of fused-ring (bicyclic) bond motifs is 2. The van der Waals surface area contributed by atoms with E-state index < -0.39 is 26.7 Å². The third-order valence-corrected chi connectivity index (χ3v) is 26.7. The second kappa shape index (κ2) is 20.6. The summed E-state index contributed by atoms with van der Waals surface area (Å²) in [6, 6.07) is 20.2. The zero-order valence-electron chi connectivity index (χ0n) is 45.4. The molecule has 8 atom stereocenters. The lowest BCUT2D eigenvalue weighted by molar-refractivity contribution is 0.189. The summed E-state index contributed by atoms with van der Waals surface area (Å²) in [7, 11) is -6.92. The molecular formula is C57H74N8O6SSi2. The molecule has 2 aromatic carbocycles.